The zero-order chi connectivity index (χ0) is 13.8. The number of aromatic nitrogens is 3. The molecule has 1 aliphatic heterocycles. The molecule has 0 N–H and O–H groups in total. The molecule has 1 atom stereocenters. The quantitative estimate of drug-likeness (QED) is 0.855. The molecule has 4 heteroatoms. The van der Waals surface area contributed by atoms with Crippen molar-refractivity contribution >= 4 is 5.82 Å². The summed E-state index contributed by atoms with van der Waals surface area (Å²) >= 11 is 0. The fourth-order valence-corrected chi connectivity index (χ4v) is 2.92. The van der Waals surface area contributed by atoms with Crippen LogP contribution in [0.2, 0.25) is 0 Å². The smallest absolute Gasteiger partial charge is 0.132 e. The van der Waals surface area contributed by atoms with Gasteiger partial charge < -0.3 is 4.90 Å². The first-order valence-electron chi connectivity index (χ1n) is 7.28. The van der Waals surface area contributed by atoms with Gasteiger partial charge in [-0.05, 0) is 56.4 Å². The van der Waals surface area contributed by atoms with Gasteiger partial charge in [0.2, 0.25) is 0 Å². The molecule has 3 rings (SSSR count). The van der Waals surface area contributed by atoms with Gasteiger partial charge in [0.05, 0.1) is 0 Å². The Labute approximate surface area is 119 Å². The Morgan fingerprint density at radius 2 is 2.05 bits per heavy atom. The lowest BCUT2D eigenvalue weighted by atomic mass is 10.0. The van der Waals surface area contributed by atoms with Gasteiger partial charge in [0.25, 0.3) is 0 Å². The monoisotopic (exact) mass is 268 g/mol. The largest absolute Gasteiger partial charge is 0.354 e. The number of anilines is 1. The Hall–Kier alpha value is -1.97. The third-order valence-electron chi connectivity index (χ3n) is 3.95. The van der Waals surface area contributed by atoms with Crippen LogP contribution in [0.3, 0.4) is 0 Å². The summed E-state index contributed by atoms with van der Waals surface area (Å²) in [5.41, 5.74) is 1.37. The van der Waals surface area contributed by atoms with Crippen LogP contribution in [-0.4, -0.2) is 27.5 Å². The van der Waals surface area contributed by atoms with Gasteiger partial charge in [0, 0.05) is 31.2 Å². The predicted octanol–water partition coefficient (Wildman–Crippen LogP) is 2.78. The first-order valence-corrected chi connectivity index (χ1v) is 7.28. The molecule has 0 aromatic carbocycles. The van der Waals surface area contributed by atoms with Crippen LogP contribution in [0.1, 0.15) is 30.7 Å². The first-order chi connectivity index (χ1) is 9.83. The van der Waals surface area contributed by atoms with E-state index in [1.54, 1.807) is 0 Å². The first kappa shape index (κ1) is 13.0. The van der Waals surface area contributed by atoms with Crippen molar-refractivity contribution in [2.24, 2.45) is 0 Å². The van der Waals surface area contributed by atoms with Gasteiger partial charge >= 0.3 is 0 Å². The van der Waals surface area contributed by atoms with Crippen molar-refractivity contribution in [3.63, 3.8) is 0 Å². The Bertz CT molecular complexity index is 555. The molecule has 1 aliphatic rings. The van der Waals surface area contributed by atoms with Gasteiger partial charge in [-0.25, -0.2) is 9.97 Å². The highest BCUT2D eigenvalue weighted by Crippen LogP contribution is 2.26. The highest BCUT2D eigenvalue weighted by Gasteiger charge is 2.25. The van der Waals surface area contributed by atoms with Gasteiger partial charge in [-0.1, -0.05) is 0 Å². The molecule has 0 aliphatic carbocycles. The van der Waals surface area contributed by atoms with E-state index >= 15 is 0 Å². The van der Waals surface area contributed by atoms with Crippen molar-refractivity contribution in [3.05, 3.63) is 48.2 Å². The SMILES string of the molecule is Cc1nccc(N2CCC[C@H]2CCc2ccncc2)n1. The van der Waals surface area contributed by atoms with E-state index in [9.17, 15) is 0 Å². The number of hydrogen-bond donors (Lipinski definition) is 0. The molecular formula is C16H20N4. The summed E-state index contributed by atoms with van der Waals surface area (Å²) in [5, 5.41) is 0. The summed E-state index contributed by atoms with van der Waals surface area (Å²) in [7, 11) is 0. The Balaban J connectivity index is 1.67. The van der Waals surface area contributed by atoms with Gasteiger partial charge in [0.1, 0.15) is 11.6 Å². The van der Waals surface area contributed by atoms with Crippen LogP contribution >= 0.6 is 0 Å². The average Bonchev–Trinajstić information content (AvgIpc) is 2.95. The predicted molar refractivity (Wildman–Crippen MR) is 79.7 cm³/mol. The van der Waals surface area contributed by atoms with Gasteiger partial charge in [-0.2, -0.15) is 0 Å². The zero-order valence-electron chi connectivity index (χ0n) is 11.9. The summed E-state index contributed by atoms with van der Waals surface area (Å²) in [4.78, 5) is 15.3. The summed E-state index contributed by atoms with van der Waals surface area (Å²) in [6.45, 7) is 3.06. The molecule has 1 fully saturated rings. The minimum absolute atomic E-state index is 0.595. The van der Waals surface area contributed by atoms with Gasteiger partial charge in [-0.15, -0.1) is 0 Å². The van der Waals surface area contributed by atoms with E-state index < -0.39 is 0 Å². The molecule has 0 spiro atoms. The lowest BCUT2D eigenvalue weighted by Gasteiger charge is -2.25. The van der Waals surface area contributed by atoms with Gasteiger partial charge in [0.15, 0.2) is 0 Å². The number of aryl methyl sites for hydroxylation is 2. The van der Waals surface area contributed by atoms with E-state index in [1.165, 1.54) is 24.8 Å². The van der Waals surface area contributed by atoms with Crippen LogP contribution in [0.4, 0.5) is 5.82 Å². The van der Waals surface area contributed by atoms with E-state index in [2.05, 4.69) is 32.0 Å². The number of rotatable bonds is 4. The van der Waals surface area contributed by atoms with Crippen molar-refractivity contribution in [1.29, 1.82) is 0 Å². The molecule has 0 unspecified atom stereocenters. The maximum atomic E-state index is 4.57. The van der Waals surface area contributed by atoms with Crippen LogP contribution in [0.25, 0.3) is 0 Å². The zero-order valence-corrected chi connectivity index (χ0v) is 11.9. The van der Waals surface area contributed by atoms with Gasteiger partial charge in [-0.3, -0.25) is 4.98 Å². The Morgan fingerprint density at radius 1 is 1.20 bits per heavy atom. The fraction of sp³-hybridized carbons (Fsp3) is 0.438. The molecule has 20 heavy (non-hydrogen) atoms. The lowest BCUT2D eigenvalue weighted by Crippen LogP contribution is -2.30. The van der Waals surface area contributed by atoms with Crippen LogP contribution in [0, 0.1) is 6.92 Å². The van der Waals surface area contributed by atoms with E-state index in [4.69, 9.17) is 0 Å². The summed E-state index contributed by atoms with van der Waals surface area (Å²) in [6.07, 6.45) is 10.4. The average molecular weight is 268 g/mol. The summed E-state index contributed by atoms with van der Waals surface area (Å²) in [5.74, 6) is 1.93. The molecule has 2 aromatic heterocycles. The maximum Gasteiger partial charge on any atom is 0.132 e. The summed E-state index contributed by atoms with van der Waals surface area (Å²) < 4.78 is 0. The molecule has 0 saturated carbocycles. The second-order valence-corrected chi connectivity index (χ2v) is 5.35. The van der Waals surface area contributed by atoms with Crippen LogP contribution < -0.4 is 4.90 Å². The number of pyridine rings is 1. The molecule has 0 bridgehead atoms. The molecule has 3 heterocycles. The third kappa shape index (κ3) is 2.95. The van der Waals surface area contributed by atoms with Crippen molar-refractivity contribution in [3.8, 4) is 0 Å². The Kier molecular flexibility index (Phi) is 3.90. The fourth-order valence-electron chi connectivity index (χ4n) is 2.92. The minimum Gasteiger partial charge on any atom is -0.354 e. The Morgan fingerprint density at radius 3 is 2.85 bits per heavy atom. The number of hydrogen-bond acceptors (Lipinski definition) is 4. The van der Waals surface area contributed by atoms with Crippen molar-refractivity contribution in [1.82, 2.24) is 15.0 Å². The highest BCUT2D eigenvalue weighted by atomic mass is 15.2. The van der Waals surface area contributed by atoms with Crippen LogP contribution in [0.15, 0.2) is 36.8 Å². The molecule has 0 amide bonds. The number of nitrogens with zero attached hydrogens (tertiary/aromatic N) is 4. The van der Waals surface area contributed by atoms with E-state index in [1.807, 2.05) is 31.6 Å². The van der Waals surface area contributed by atoms with Crippen molar-refractivity contribution in [2.45, 2.75) is 38.6 Å². The molecule has 2 aromatic rings. The molecule has 0 radical (unpaired) electrons. The lowest BCUT2D eigenvalue weighted by molar-refractivity contribution is 0.605. The van der Waals surface area contributed by atoms with E-state index in [0.29, 0.717) is 6.04 Å². The third-order valence-corrected chi connectivity index (χ3v) is 3.95. The second-order valence-electron chi connectivity index (χ2n) is 5.35. The van der Waals surface area contributed by atoms with E-state index in [-0.39, 0.29) is 0 Å². The molecule has 1 saturated heterocycles. The standard InChI is InChI=1S/C16H20N4/c1-13-18-11-8-16(19-13)20-12-2-3-15(20)5-4-14-6-9-17-10-7-14/h6-11,15H,2-5,12H2,1H3/t15-/m0/s1. The van der Waals surface area contributed by atoms with E-state index in [0.717, 1.165) is 24.6 Å². The van der Waals surface area contributed by atoms with Crippen LogP contribution in [0.5, 0.6) is 0 Å². The highest BCUT2D eigenvalue weighted by molar-refractivity contribution is 5.40. The second kappa shape index (κ2) is 5.99. The molecule has 104 valence electrons. The molecule has 4 nitrogen and oxygen atoms in total. The van der Waals surface area contributed by atoms with Crippen molar-refractivity contribution in [2.75, 3.05) is 11.4 Å². The van der Waals surface area contributed by atoms with Crippen LogP contribution in [-0.2, 0) is 6.42 Å². The maximum absolute atomic E-state index is 4.57. The topological polar surface area (TPSA) is 41.9 Å². The summed E-state index contributed by atoms with van der Waals surface area (Å²) in [6, 6.07) is 6.83. The molecular weight excluding hydrogens is 248 g/mol. The normalized spacial score (nSPS) is 18.4. The minimum atomic E-state index is 0.595. The van der Waals surface area contributed by atoms with Crippen molar-refractivity contribution < 1.29 is 0 Å².